The molecule has 170 valence electrons. The zero-order chi connectivity index (χ0) is 23.3. The predicted molar refractivity (Wildman–Crippen MR) is 128 cm³/mol. The van der Waals surface area contributed by atoms with E-state index in [2.05, 4.69) is 17.2 Å². The number of hydrogen-bond acceptors (Lipinski definition) is 5. The molecule has 0 bridgehead atoms. The van der Waals surface area contributed by atoms with E-state index >= 15 is 0 Å². The molecular formula is C25H32N4O3. The van der Waals surface area contributed by atoms with Gasteiger partial charge in [0.05, 0.1) is 6.61 Å². The third-order valence-corrected chi connectivity index (χ3v) is 5.30. The Hall–Kier alpha value is -3.48. The number of amidine groups is 1. The van der Waals surface area contributed by atoms with Crippen molar-refractivity contribution in [1.82, 2.24) is 10.2 Å². The number of para-hydroxylation sites is 1. The highest BCUT2D eigenvalue weighted by molar-refractivity contribution is 6.03. The largest absolute Gasteiger partial charge is 0.507 e. The molecule has 0 unspecified atom stereocenters. The van der Waals surface area contributed by atoms with Crippen LogP contribution in [-0.2, 0) is 4.74 Å². The maximum atomic E-state index is 11.7. The third kappa shape index (κ3) is 5.81. The molecule has 0 saturated carbocycles. The molecule has 2 aromatic carbocycles. The molecule has 0 aromatic heterocycles. The molecule has 4 N–H and O–H groups in total. The van der Waals surface area contributed by atoms with Gasteiger partial charge in [0.15, 0.2) is 0 Å². The highest BCUT2D eigenvalue weighted by Crippen LogP contribution is 2.29. The van der Waals surface area contributed by atoms with Crippen LogP contribution in [0.25, 0.3) is 5.70 Å². The number of likely N-dealkylation sites (tertiary alicyclic amines) is 1. The second-order valence-electron chi connectivity index (χ2n) is 8.66. The van der Waals surface area contributed by atoms with Gasteiger partial charge in [-0.3, -0.25) is 5.41 Å². The summed E-state index contributed by atoms with van der Waals surface area (Å²) >= 11 is 0. The summed E-state index contributed by atoms with van der Waals surface area (Å²) in [6.07, 6.45) is -0.389. The molecule has 0 spiro atoms. The first-order valence-corrected chi connectivity index (χ1v) is 10.8. The zero-order valence-electron chi connectivity index (χ0n) is 18.9. The average molecular weight is 437 g/mol. The van der Waals surface area contributed by atoms with Crippen LogP contribution >= 0.6 is 0 Å². The Kier molecular flexibility index (Phi) is 7.41. The van der Waals surface area contributed by atoms with Gasteiger partial charge >= 0.3 is 6.09 Å². The van der Waals surface area contributed by atoms with E-state index in [1.54, 1.807) is 18.2 Å². The van der Waals surface area contributed by atoms with Crippen LogP contribution in [-0.4, -0.2) is 48.2 Å². The van der Waals surface area contributed by atoms with Crippen LogP contribution in [0, 0.1) is 24.2 Å². The van der Waals surface area contributed by atoms with Gasteiger partial charge in [0.25, 0.3) is 0 Å². The fourth-order valence-corrected chi connectivity index (χ4v) is 3.50. The number of alkyl carbamates (subject to hydrolysis) is 1. The average Bonchev–Trinajstić information content (AvgIpc) is 2.71. The van der Waals surface area contributed by atoms with Gasteiger partial charge in [0.2, 0.25) is 0 Å². The third-order valence-electron chi connectivity index (χ3n) is 5.30. The summed E-state index contributed by atoms with van der Waals surface area (Å²) in [6, 6.07) is 12.9. The number of aromatic hydroxyl groups is 1. The minimum atomic E-state index is -0.389. The summed E-state index contributed by atoms with van der Waals surface area (Å²) in [5.41, 5.74) is 3.76. The molecule has 2 aromatic rings. The van der Waals surface area contributed by atoms with E-state index in [0.717, 1.165) is 16.8 Å². The number of nitrogens with one attached hydrogen (secondary N) is 3. The maximum absolute atomic E-state index is 11.7. The second kappa shape index (κ2) is 10.2. The lowest BCUT2D eigenvalue weighted by Gasteiger charge is -2.41. The van der Waals surface area contributed by atoms with Gasteiger partial charge in [-0.15, -0.1) is 0 Å². The van der Waals surface area contributed by atoms with Crippen molar-refractivity contribution in [3.05, 3.63) is 65.7 Å². The van der Waals surface area contributed by atoms with E-state index in [4.69, 9.17) is 10.1 Å². The molecule has 1 fully saturated rings. The number of phenolic OH excluding ortho intramolecular Hbond substituents is 1. The van der Waals surface area contributed by atoms with Crippen molar-refractivity contribution in [2.75, 3.05) is 31.6 Å². The fraction of sp³-hybridized carbons (Fsp3) is 0.360. The topological polar surface area (TPSA) is 97.7 Å². The van der Waals surface area contributed by atoms with Gasteiger partial charge in [0.1, 0.15) is 11.6 Å². The van der Waals surface area contributed by atoms with Crippen LogP contribution in [0.3, 0.4) is 0 Å². The van der Waals surface area contributed by atoms with Gasteiger partial charge in [-0.2, -0.15) is 0 Å². The van der Waals surface area contributed by atoms with E-state index in [0.29, 0.717) is 49.3 Å². The molecule has 1 aliphatic heterocycles. The Morgan fingerprint density at radius 3 is 2.66 bits per heavy atom. The zero-order valence-corrected chi connectivity index (χ0v) is 18.9. The van der Waals surface area contributed by atoms with Crippen LogP contribution in [0.1, 0.15) is 30.5 Å². The van der Waals surface area contributed by atoms with Crippen molar-refractivity contribution >= 4 is 23.3 Å². The number of nitrogens with zero attached hydrogens (tertiary/aromatic N) is 1. The van der Waals surface area contributed by atoms with E-state index in [1.807, 2.05) is 49.9 Å². The summed E-state index contributed by atoms with van der Waals surface area (Å²) in [5.74, 6) is 1.15. The molecule has 1 aliphatic rings. The number of hydrogen-bond donors (Lipinski definition) is 4. The molecule has 0 radical (unpaired) electrons. The molecule has 1 amide bonds. The van der Waals surface area contributed by atoms with Crippen LogP contribution in [0.2, 0.25) is 0 Å². The summed E-state index contributed by atoms with van der Waals surface area (Å²) in [4.78, 5) is 13.7. The Morgan fingerprint density at radius 2 is 1.97 bits per heavy atom. The Bertz CT molecular complexity index is 996. The normalized spacial score (nSPS) is 13.4. The first-order chi connectivity index (χ1) is 15.2. The number of amides is 1. The van der Waals surface area contributed by atoms with Gasteiger partial charge in [-0.1, -0.05) is 38.6 Å². The lowest BCUT2D eigenvalue weighted by Crippen LogP contribution is -2.54. The number of aryl methyl sites for hydroxylation is 1. The Balaban J connectivity index is 1.59. The smallest absolute Gasteiger partial charge is 0.407 e. The van der Waals surface area contributed by atoms with Gasteiger partial charge in [-0.25, -0.2) is 4.79 Å². The monoisotopic (exact) mass is 436 g/mol. The van der Waals surface area contributed by atoms with E-state index in [-0.39, 0.29) is 17.8 Å². The molecule has 7 heteroatoms. The molecule has 7 nitrogen and oxygen atoms in total. The van der Waals surface area contributed by atoms with Gasteiger partial charge < -0.3 is 25.4 Å². The number of benzene rings is 2. The van der Waals surface area contributed by atoms with E-state index in [9.17, 15) is 9.90 Å². The predicted octanol–water partition coefficient (Wildman–Crippen LogP) is 4.42. The van der Waals surface area contributed by atoms with Gasteiger partial charge in [-0.05, 0) is 42.7 Å². The van der Waals surface area contributed by atoms with Crippen molar-refractivity contribution in [1.29, 1.82) is 5.41 Å². The van der Waals surface area contributed by atoms with Crippen molar-refractivity contribution in [3.8, 4) is 5.75 Å². The van der Waals surface area contributed by atoms with Crippen LogP contribution in [0.15, 0.2) is 49.0 Å². The summed E-state index contributed by atoms with van der Waals surface area (Å²) < 4.78 is 5.13. The molecule has 32 heavy (non-hydrogen) atoms. The highest BCUT2D eigenvalue weighted by Gasteiger charge is 2.30. The number of anilines is 1. The standard InChI is InChI=1S/C25H32N4O3/c1-16(2)15-32-25(31)27-12-19-13-29(14-19)24(26)21-10-9-17(3)11-22(21)28-18(4)20-7-5-6-8-23(20)30/h5-11,16,19,26,28,30H,4,12-15H2,1-3H3,(H,27,31). The summed E-state index contributed by atoms with van der Waals surface area (Å²) in [7, 11) is 0. The lowest BCUT2D eigenvalue weighted by molar-refractivity contribution is 0.124. The number of carbonyl (C=O) groups is 1. The first-order valence-electron chi connectivity index (χ1n) is 10.8. The molecular weight excluding hydrogens is 404 g/mol. The van der Waals surface area contributed by atoms with Crippen molar-refractivity contribution in [2.24, 2.45) is 11.8 Å². The minimum Gasteiger partial charge on any atom is -0.507 e. The molecule has 1 heterocycles. The first kappa shape index (κ1) is 23.2. The molecule has 1 saturated heterocycles. The van der Waals surface area contributed by atoms with Crippen molar-refractivity contribution < 1.29 is 14.6 Å². The van der Waals surface area contributed by atoms with Crippen LogP contribution in [0.5, 0.6) is 5.75 Å². The van der Waals surface area contributed by atoms with Crippen LogP contribution in [0.4, 0.5) is 10.5 Å². The highest BCUT2D eigenvalue weighted by atomic mass is 16.5. The van der Waals surface area contributed by atoms with Crippen molar-refractivity contribution in [2.45, 2.75) is 20.8 Å². The Morgan fingerprint density at radius 1 is 1.25 bits per heavy atom. The molecule has 0 atom stereocenters. The minimum absolute atomic E-state index is 0.152. The summed E-state index contributed by atoms with van der Waals surface area (Å²) in [6.45, 7) is 12.4. The number of ether oxygens (including phenoxy) is 1. The quantitative estimate of drug-likeness (QED) is 0.363. The van der Waals surface area contributed by atoms with Gasteiger partial charge in [0, 0.05) is 48.1 Å². The summed E-state index contributed by atoms with van der Waals surface area (Å²) in [5, 5.41) is 24.9. The number of carbonyl (C=O) groups excluding carboxylic acids is 1. The molecule has 3 rings (SSSR count). The molecule has 0 aliphatic carbocycles. The SMILES string of the molecule is C=C(Nc1cc(C)ccc1C(=N)N1CC(CNC(=O)OCC(C)C)C1)c1ccccc1O. The van der Waals surface area contributed by atoms with E-state index in [1.165, 1.54) is 0 Å². The number of phenols is 1. The Labute approximate surface area is 189 Å². The second-order valence-corrected chi connectivity index (χ2v) is 8.66. The van der Waals surface area contributed by atoms with E-state index < -0.39 is 0 Å². The fourth-order valence-electron chi connectivity index (χ4n) is 3.50. The van der Waals surface area contributed by atoms with Crippen molar-refractivity contribution in [3.63, 3.8) is 0 Å². The van der Waals surface area contributed by atoms with Crippen LogP contribution < -0.4 is 10.6 Å². The maximum Gasteiger partial charge on any atom is 0.407 e. The number of rotatable bonds is 8. The lowest BCUT2D eigenvalue weighted by atomic mass is 9.97.